The molecule has 0 heterocycles. The molecule has 1 heteroatoms. The van der Waals surface area contributed by atoms with Crippen molar-refractivity contribution in [2.24, 2.45) is 11.8 Å². The van der Waals surface area contributed by atoms with Crippen LogP contribution in [0.2, 0.25) is 0 Å². The summed E-state index contributed by atoms with van der Waals surface area (Å²) in [5.74, 6) is 1.69. The van der Waals surface area contributed by atoms with Crippen LogP contribution in [0.15, 0.2) is 12.7 Å². The molecule has 0 N–H and O–H groups in total. The van der Waals surface area contributed by atoms with E-state index in [0.717, 1.165) is 44.4 Å². The van der Waals surface area contributed by atoms with Crippen molar-refractivity contribution >= 4 is 5.78 Å². The third-order valence-corrected chi connectivity index (χ3v) is 3.41. The highest BCUT2D eigenvalue weighted by Gasteiger charge is 2.26. The summed E-state index contributed by atoms with van der Waals surface area (Å²) in [4.78, 5) is 11.6. The molecule has 1 fully saturated rings. The molecule has 1 aliphatic carbocycles. The Kier molecular flexibility index (Phi) is 4.92. The van der Waals surface area contributed by atoms with E-state index in [1.165, 1.54) is 6.42 Å². The summed E-state index contributed by atoms with van der Waals surface area (Å²) >= 11 is 0. The van der Waals surface area contributed by atoms with Crippen LogP contribution in [0.3, 0.4) is 0 Å². The smallest absolute Gasteiger partial charge is 0.135 e. The van der Waals surface area contributed by atoms with Gasteiger partial charge in [0, 0.05) is 12.3 Å². The van der Waals surface area contributed by atoms with Crippen molar-refractivity contribution < 1.29 is 4.79 Å². The lowest BCUT2D eigenvalue weighted by atomic mass is 9.77. The van der Waals surface area contributed by atoms with Crippen molar-refractivity contribution in [3.8, 4) is 0 Å². The Morgan fingerprint density at radius 3 is 3.00 bits per heavy atom. The number of hydrogen-bond acceptors (Lipinski definition) is 1. The minimum atomic E-state index is 0.369. The molecule has 0 aromatic carbocycles. The SMILES string of the molecule is C=CCCCC1CC(CC)CCC1=O. The van der Waals surface area contributed by atoms with Crippen molar-refractivity contribution in [2.45, 2.75) is 51.9 Å². The third kappa shape index (κ3) is 3.28. The number of carbonyl (C=O) groups is 1. The van der Waals surface area contributed by atoms with E-state index in [4.69, 9.17) is 0 Å². The van der Waals surface area contributed by atoms with Gasteiger partial charge in [0.2, 0.25) is 0 Å². The van der Waals surface area contributed by atoms with Gasteiger partial charge in [-0.1, -0.05) is 19.4 Å². The van der Waals surface area contributed by atoms with Gasteiger partial charge >= 0.3 is 0 Å². The lowest BCUT2D eigenvalue weighted by Gasteiger charge is -2.27. The number of unbranched alkanes of at least 4 members (excludes halogenated alkanes) is 1. The molecule has 0 aromatic rings. The molecule has 14 heavy (non-hydrogen) atoms. The molecule has 2 unspecified atom stereocenters. The molecule has 2 atom stereocenters. The maximum Gasteiger partial charge on any atom is 0.135 e. The molecule has 1 nitrogen and oxygen atoms in total. The van der Waals surface area contributed by atoms with Crippen molar-refractivity contribution in [1.29, 1.82) is 0 Å². The first-order chi connectivity index (χ1) is 6.77. The average molecular weight is 194 g/mol. The topological polar surface area (TPSA) is 17.1 Å². The number of ketones is 1. The molecule has 0 spiro atoms. The molecule has 0 amide bonds. The Morgan fingerprint density at radius 2 is 2.36 bits per heavy atom. The van der Waals surface area contributed by atoms with E-state index >= 15 is 0 Å². The van der Waals surface area contributed by atoms with E-state index in [0.29, 0.717) is 11.7 Å². The monoisotopic (exact) mass is 194 g/mol. The molecule has 0 bridgehead atoms. The van der Waals surface area contributed by atoms with E-state index in [1.54, 1.807) is 0 Å². The summed E-state index contributed by atoms with van der Waals surface area (Å²) in [5, 5.41) is 0. The van der Waals surface area contributed by atoms with Crippen LogP contribution in [0.4, 0.5) is 0 Å². The van der Waals surface area contributed by atoms with E-state index in [-0.39, 0.29) is 0 Å². The number of rotatable bonds is 5. The molecular formula is C13H22O. The first-order valence-electron chi connectivity index (χ1n) is 5.91. The highest BCUT2D eigenvalue weighted by molar-refractivity contribution is 5.81. The number of Topliss-reactive ketones (excluding diaryl/α,β-unsaturated/α-hetero) is 1. The van der Waals surface area contributed by atoms with Crippen molar-refractivity contribution in [3.63, 3.8) is 0 Å². The zero-order valence-electron chi connectivity index (χ0n) is 9.30. The molecule has 0 saturated heterocycles. The lowest BCUT2D eigenvalue weighted by molar-refractivity contribution is -0.125. The largest absolute Gasteiger partial charge is 0.299 e. The first-order valence-corrected chi connectivity index (χ1v) is 5.91. The maximum atomic E-state index is 11.6. The van der Waals surface area contributed by atoms with Gasteiger partial charge < -0.3 is 0 Å². The molecule has 1 rings (SSSR count). The van der Waals surface area contributed by atoms with Crippen molar-refractivity contribution in [2.75, 3.05) is 0 Å². The fourth-order valence-corrected chi connectivity index (χ4v) is 2.36. The van der Waals surface area contributed by atoms with Gasteiger partial charge in [-0.3, -0.25) is 4.79 Å². The van der Waals surface area contributed by atoms with Gasteiger partial charge in [-0.2, -0.15) is 0 Å². The van der Waals surface area contributed by atoms with Crippen LogP contribution in [0.1, 0.15) is 51.9 Å². The van der Waals surface area contributed by atoms with E-state index in [9.17, 15) is 4.79 Å². The van der Waals surface area contributed by atoms with E-state index in [1.807, 2.05) is 6.08 Å². The van der Waals surface area contributed by atoms with E-state index in [2.05, 4.69) is 13.5 Å². The summed E-state index contributed by atoms with van der Waals surface area (Å²) in [6.07, 6.45) is 9.57. The summed E-state index contributed by atoms with van der Waals surface area (Å²) in [6, 6.07) is 0. The summed E-state index contributed by atoms with van der Waals surface area (Å²) in [5.41, 5.74) is 0. The predicted octanol–water partition coefficient (Wildman–Crippen LogP) is 3.74. The maximum absolute atomic E-state index is 11.6. The van der Waals surface area contributed by atoms with Gasteiger partial charge in [0.05, 0.1) is 0 Å². The normalized spacial score (nSPS) is 27.6. The standard InChI is InChI=1S/C13H22O/c1-3-5-6-7-12-10-11(4-2)8-9-13(12)14/h3,11-12H,1,4-10H2,2H3. The molecule has 0 aromatic heterocycles. The van der Waals surface area contributed by atoms with Gasteiger partial charge in [0.25, 0.3) is 0 Å². The van der Waals surface area contributed by atoms with Gasteiger partial charge in [0.1, 0.15) is 5.78 Å². The van der Waals surface area contributed by atoms with Gasteiger partial charge in [-0.25, -0.2) is 0 Å². The summed E-state index contributed by atoms with van der Waals surface area (Å²) < 4.78 is 0. The van der Waals surface area contributed by atoms with Crippen LogP contribution in [0, 0.1) is 11.8 Å². The third-order valence-electron chi connectivity index (χ3n) is 3.41. The van der Waals surface area contributed by atoms with Gasteiger partial charge in [-0.05, 0) is 38.0 Å². The minimum Gasteiger partial charge on any atom is -0.299 e. The zero-order valence-corrected chi connectivity index (χ0v) is 9.30. The Bertz CT molecular complexity index is 195. The van der Waals surface area contributed by atoms with E-state index < -0.39 is 0 Å². The Balaban J connectivity index is 2.32. The van der Waals surface area contributed by atoms with Crippen LogP contribution in [0.25, 0.3) is 0 Å². The van der Waals surface area contributed by atoms with Crippen molar-refractivity contribution in [1.82, 2.24) is 0 Å². The Morgan fingerprint density at radius 1 is 1.57 bits per heavy atom. The van der Waals surface area contributed by atoms with Crippen molar-refractivity contribution in [3.05, 3.63) is 12.7 Å². The second kappa shape index (κ2) is 6.00. The Labute approximate surface area is 87.6 Å². The predicted molar refractivity (Wildman–Crippen MR) is 60.2 cm³/mol. The first kappa shape index (κ1) is 11.5. The van der Waals surface area contributed by atoms with Crippen LogP contribution in [-0.4, -0.2) is 5.78 Å². The Hall–Kier alpha value is -0.590. The molecule has 80 valence electrons. The fraction of sp³-hybridized carbons (Fsp3) is 0.769. The van der Waals surface area contributed by atoms with Gasteiger partial charge in [-0.15, -0.1) is 6.58 Å². The zero-order chi connectivity index (χ0) is 10.4. The average Bonchev–Trinajstić information content (AvgIpc) is 2.21. The highest BCUT2D eigenvalue weighted by atomic mass is 16.1. The van der Waals surface area contributed by atoms with Crippen LogP contribution in [0.5, 0.6) is 0 Å². The minimum absolute atomic E-state index is 0.369. The molecule has 1 aliphatic rings. The number of hydrogen-bond donors (Lipinski definition) is 0. The fourth-order valence-electron chi connectivity index (χ4n) is 2.36. The summed E-state index contributed by atoms with van der Waals surface area (Å²) in [6.45, 7) is 5.95. The summed E-state index contributed by atoms with van der Waals surface area (Å²) in [7, 11) is 0. The highest BCUT2D eigenvalue weighted by Crippen LogP contribution is 2.31. The molecule has 0 aliphatic heterocycles. The number of allylic oxidation sites excluding steroid dienone is 1. The second-order valence-electron chi connectivity index (χ2n) is 4.43. The number of carbonyl (C=O) groups excluding carboxylic acids is 1. The van der Waals surface area contributed by atoms with Crippen LogP contribution >= 0.6 is 0 Å². The lowest BCUT2D eigenvalue weighted by Crippen LogP contribution is -2.24. The molecule has 0 radical (unpaired) electrons. The molecular weight excluding hydrogens is 172 g/mol. The molecule has 1 saturated carbocycles. The quantitative estimate of drug-likeness (QED) is 0.481. The second-order valence-corrected chi connectivity index (χ2v) is 4.43. The van der Waals surface area contributed by atoms with Gasteiger partial charge in [0.15, 0.2) is 0 Å². The van der Waals surface area contributed by atoms with Crippen LogP contribution < -0.4 is 0 Å². The van der Waals surface area contributed by atoms with Crippen LogP contribution in [-0.2, 0) is 4.79 Å².